The Morgan fingerprint density at radius 2 is 2.18 bits per heavy atom. The second-order valence-corrected chi connectivity index (χ2v) is 5.16. The largest absolute Gasteiger partial charge is 0.493 e. The van der Waals surface area contributed by atoms with Crippen LogP contribution in [0.2, 0.25) is 5.02 Å². The highest BCUT2D eigenvalue weighted by molar-refractivity contribution is 6.37. The molecule has 0 amide bonds. The van der Waals surface area contributed by atoms with Gasteiger partial charge in [-0.3, -0.25) is 0 Å². The number of methoxy groups -OCH3 is 2. The molecule has 2 rings (SSSR count). The summed E-state index contributed by atoms with van der Waals surface area (Å²) in [5.74, 6) is -0.0794. The van der Waals surface area contributed by atoms with Gasteiger partial charge in [-0.2, -0.15) is 0 Å². The van der Waals surface area contributed by atoms with E-state index in [9.17, 15) is 9.90 Å². The number of furan rings is 1. The van der Waals surface area contributed by atoms with Crippen molar-refractivity contribution in [1.82, 2.24) is 0 Å². The fraction of sp³-hybridized carbons (Fsp3) is 0.357. The van der Waals surface area contributed by atoms with Crippen LogP contribution in [0, 0.1) is 0 Å². The minimum Gasteiger partial charge on any atom is -0.493 e. The van der Waals surface area contributed by atoms with E-state index in [0.717, 1.165) is 0 Å². The molecule has 1 unspecified atom stereocenters. The fourth-order valence-corrected chi connectivity index (χ4v) is 2.37. The number of aliphatic hydroxyl groups excluding tert-OH is 1. The Bertz CT molecular complexity index is 685. The lowest BCUT2D eigenvalue weighted by Gasteiger charge is -2.14. The van der Waals surface area contributed by atoms with Gasteiger partial charge in [0.2, 0.25) is 5.76 Å². The third kappa shape index (κ3) is 3.24. The first-order valence-corrected chi connectivity index (χ1v) is 7.29. The van der Waals surface area contributed by atoms with Gasteiger partial charge in [-0.1, -0.05) is 11.6 Å². The predicted molar refractivity (Wildman–Crippen MR) is 84.3 cm³/mol. The molecule has 0 bridgehead atoms. The van der Waals surface area contributed by atoms with Crippen molar-refractivity contribution in [3.05, 3.63) is 22.9 Å². The second kappa shape index (κ2) is 7.09. The van der Waals surface area contributed by atoms with Gasteiger partial charge in [0.25, 0.3) is 0 Å². The smallest absolute Gasteiger partial charge is 0.373 e. The molecule has 22 heavy (non-hydrogen) atoms. The first kappa shape index (κ1) is 16.7. The van der Waals surface area contributed by atoms with Gasteiger partial charge in [-0.15, -0.1) is 11.6 Å². The van der Waals surface area contributed by atoms with E-state index in [1.165, 1.54) is 20.3 Å². The number of carbonyl (C=O) groups is 1. The topological polar surface area (TPSA) is 80.9 Å². The number of hydrogen-bond acceptors (Lipinski definition) is 6. The zero-order chi connectivity index (χ0) is 16.3. The van der Waals surface area contributed by atoms with Crippen LogP contribution in [0.5, 0.6) is 5.75 Å². The molecule has 2 aromatic rings. The van der Waals surface area contributed by atoms with Crippen molar-refractivity contribution in [3.63, 3.8) is 0 Å². The highest BCUT2D eigenvalue weighted by atomic mass is 35.5. The number of hydrogen-bond donors (Lipinski definition) is 2. The number of rotatable bonds is 6. The zero-order valence-corrected chi connectivity index (χ0v) is 13.5. The average molecular weight is 348 g/mol. The van der Waals surface area contributed by atoms with Gasteiger partial charge in [0.15, 0.2) is 5.75 Å². The van der Waals surface area contributed by atoms with Crippen molar-refractivity contribution < 1.29 is 23.8 Å². The average Bonchev–Trinajstić information content (AvgIpc) is 2.96. The molecule has 6 nitrogen and oxygen atoms in total. The van der Waals surface area contributed by atoms with Crippen LogP contribution in [-0.2, 0) is 4.74 Å². The number of aliphatic hydroxyl groups is 1. The summed E-state index contributed by atoms with van der Waals surface area (Å²) < 4.78 is 15.3. The molecule has 120 valence electrons. The van der Waals surface area contributed by atoms with Crippen molar-refractivity contribution in [2.45, 2.75) is 6.10 Å². The van der Waals surface area contributed by atoms with Crippen LogP contribution < -0.4 is 10.1 Å². The standard InChI is InChI=1S/C14H15Cl2NO5/c1-20-13-9(17-6-7(18)5-15)4-10-8(12(13)16)3-11(22-10)14(19)21-2/h3-4,7,17-18H,5-6H2,1-2H3. The van der Waals surface area contributed by atoms with Gasteiger partial charge >= 0.3 is 5.97 Å². The van der Waals surface area contributed by atoms with E-state index in [2.05, 4.69) is 10.1 Å². The maximum Gasteiger partial charge on any atom is 0.373 e. The van der Waals surface area contributed by atoms with Crippen LogP contribution >= 0.6 is 23.2 Å². The molecule has 0 fully saturated rings. The number of esters is 1. The Morgan fingerprint density at radius 1 is 1.45 bits per heavy atom. The van der Waals surface area contributed by atoms with Crippen molar-refractivity contribution in [1.29, 1.82) is 0 Å². The molecular weight excluding hydrogens is 333 g/mol. The van der Waals surface area contributed by atoms with Crippen molar-refractivity contribution >= 4 is 45.8 Å². The van der Waals surface area contributed by atoms with Crippen molar-refractivity contribution in [2.24, 2.45) is 0 Å². The Balaban J connectivity index is 2.45. The number of ether oxygens (including phenoxy) is 2. The second-order valence-electron chi connectivity index (χ2n) is 4.47. The third-order valence-electron chi connectivity index (χ3n) is 3.01. The monoisotopic (exact) mass is 347 g/mol. The van der Waals surface area contributed by atoms with Crippen molar-refractivity contribution in [2.75, 3.05) is 32.0 Å². The van der Waals surface area contributed by atoms with E-state index in [4.69, 9.17) is 32.4 Å². The first-order chi connectivity index (χ1) is 10.5. The molecular formula is C14H15Cl2NO5. The number of halogens is 2. The molecule has 0 radical (unpaired) electrons. The van der Waals surface area contributed by atoms with E-state index >= 15 is 0 Å². The number of carbonyl (C=O) groups excluding carboxylic acids is 1. The molecule has 0 aliphatic rings. The van der Waals surface area contributed by atoms with E-state index < -0.39 is 12.1 Å². The lowest BCUT2D eigenvalue weighted by Crippen LogP contribution is -2.21. The van der Waals surface area contributed by atoms with Crippen LogP contribution in [0.25, 0.3) is 11.0 Å². The summed E-state index contributed by atoms with van der Waals surface area (Å²) in [7, 11) is 2.73. The molecule has 2 N–H and O–H groups in total. The quantitative estimate of drug-likeness (QED) is 0.617. The van der Waals surface area contributed by atoms with Gasteiger partial charge in [-0.25, -0.2) is 4.79 Å². The van der Waals surface area contributed by atoms with Gasteiger partial charge in [0, 0.05) is 24.1 Å². The lowest BCUT2D eigenvalue weighted by atomic mass is 10.2. The van der Waals surface area contributed by atoms with Crippen LogP contribution in [0.15, 0.2) is 16.5 Å². The molecule has 1 aromatic heterocycles. The summed E-state index contributed by atoms with van der Waals surface area (Å²) in [6.45, 7) is 0.215. The first-order valence-electron chi connectivity index (χ1n) is 6.38. The Kier molecular flexibility index (Phi) is 5.39. The minimum absolute atomic E-state index is 0.0411. The minimum atomic E-state index is -0.719. The van der Waals surface area contributed by atoms with Crippen molar-refractivity contribution in [3.8, 4) is 5.75 Å². The third-order valence-corrected chi connectivity index (χ3v) is 3.75. The summed E-state index contributed by atoms with van der Waals surface area (Å²) in [6.07, 6.45) is -0.719. The summed E-state index contributed by atoms with van der Waals surface area (Å²) in [5.41, 5.74) is 0.920. The maximum atomic E-state index is 11.5. The lowest BCUT2D eigenvalue weighted by molar-refractivity contribution is 0.0567. The molecule has 1 heterocycles. The number of alkyl halides is 1. The summed E-state index contributed by atoms with van der Waals surface area (Å²) >= 11 is 11.8. The van der Waals surface area contributed by atoms with Crippen LogP contribution in [0.3, 0.4) is 0 Å². The highest BCUT2D eigenvalue weighted by Crippen LogP contribution is 2.40. The molecule has 0 saturated carbocycles. The van der Waals surface area contributed by atoms with E-state index in [-0.39, 0.29) is 18.2 Å². The molecule has 1 atom stereocenters. The fourth-order valence-electron chi connectivity index (χ4n) is 1.94. The van der Waals surface area contributed by atoms with Crippen LogP contribution in [-0.4, -0.2) is 43.8 Å². The highest BCUT2D eigenvalue weighted by Gasteiger charge is 2.20. The zero-order valence-electron chi connectivity index (χ0n) is 12.0. The SMILES string of the molecule is COC(=O)c1cc2c(Cl)c(OC)c(NCC(O)CCl)cc2o1. The van der Waals surface area contributed by atoms with Gasteiger partial charge in [0.05, 0.1) is 36.9 Å². The Labute approximate surface area is 136 Å². The summed E-state index contributed by atoms with van der Waals surface area (Å²) in [5, 5.41) is 13.3. The summed E-state index contributed by atoms with van der Waals surface area (Å²) in [6, 6.07) is 3.12. The number of nitrogens with one attached hydrogen (secondary N) is 1. The number of fused-ring (bicyclic) bond motifs is 1. The molecule has 0 aliphatic carbocycles. The van der Waals surface area contributed by atoms with E-state index in [0.29, 0.717) is 27.4 Å². The normalized spacial score (nSPS) is 12.2. The summed E-state index contributed by atoms with van der Waals surface area (Å²) in [4.78, 5) is 11.5. The number of anilines is 1. The molecule has 0 spiro atoms. The molecule has 8 heteroatoms. The molecule has 0 saturated heterocycles. The predicted octanol–water partition coefficient (Wildman–Crippen LogP) is 2.89. The van der Waals surface area contributed by atoms with Gasteiger partial charge in [-0.05, 0) is 0 Å². The van der Waals surface area contributed by atoms with Gasteiger partial charge in [0.1, 0.15) is 5.58 Å². The van der Waals surface area contributed by atoms with E-state index in [1.807, 2.05) is 0 Å². The van der Waals surface area contributed by atoms with E-state index in [1.54, 1.807) is 6.07 Å². The number of benzene rings is 1. The Hall–Kier alpha value is -1.63. The Morgan fingerprint density at radius 3 is 2.77 bits per heavy atom. The van der Waals surface area contributed by atoms with Crippen LogP contribution in [0.4, 0.5) is 5.69 Å². The molecule has 0 aliphatic heterocycles. The van der Waals surface area contributed by atoms with Crippen LogP contribution in [0.1, 0.15) is 10.6 Å². The molecule has 1 aromatic carbocycles. The maximum absolute atomic E-state index is 11.5. The van der Waals surface area contributed by atoms with Gasteiger partial charge < -0.3 is 24.3 Å².